The molecule has 0 bridgehead atoms. The van der Waals surface area contributed by atoms with Gasteiger partial charge in [0.2, 0.25) is 0 Å². The number of hydrogen-bond donors (Lipinski definition) is 1. The third-order valence-corrected chi connectivity index (χ3v) is 3.57. The quantitative estimate of drug-likeness (QED) is 0.775. The molecule has 2 rings (SSSR count). The van der Waals surface area contributed by atoms with Crippen LogP contribution in [0.15, 0.2) is 42.5 Å². The summed E-state index contributed by atoms with van der Waals surface area (Å²) in [5.74, 6) is 0. The second-order valence-electron chi connectivity index (χ2n) is 3.95. The average Bonchev–Trinajstić information content (AvgIpc) is 2.34. The fraction of sp³-hybridized carbons (Fsp3) is 0.0714. The van der Waals surface area contributed by atoms with Crippen LogP contribution in [0.5, 0.6) is 0 Å². The lowest BCUT2D eigenvalue weighted by Gasteiger charge is -2.09. The number of benzene rings is 2. The maximum atomic E-state index is 5.95. The first kappa shape index (κ1) is 13.3. The summed E-state index contributed by atoms with van der Waals surface area (Å²) in [5, 5.41) is 4.17. The molecule has 0 aliphatic carbocycles. The molecule has 0 atom stereocenters. The van der Waals surface area contributed by atoms with E-state index in [1.165, 1.54) is 5.56 Å². The van der Waals surface area contributed by atoms with Crippen molar-refractivity contribution in [2.75, 3.05) is 5.32 Å². The summed E-state index contributed by atoms with van der Waals surface area (Å²) in [6.45, 7) is 2.04. The molecule has 0 aliphatic heterocycles. The van der Waals surface area contributed by atoms with Crippen molar-refractivity contribution < 1.29 is 0 Å². The molecular formula is C14H11Cl2NS. The first-order valence-electron chi connectivity index (χ1n) is 5.39. The Morgan fingerprint density at radius 3 is 2.28 bits per heavy atom. The van der Waals surface area contributed by atoms with E-state index in [1.807, 2.05) is 37.3 Å². The van der Waals surface area contributed by atoms with Crippen LogP contribution >= 0.6 is 35.4 Å². The molecule has 92 valence electrons. The Hall–Kier alpha value is -1.09. The predicted octanol–water partition coefficient (Wildman–Crippen LogP) is 5.09. The van der Waals surface area contributed by atoms with Crippen LogP contribution in [0.1, 0.15) is 11.1 Å². The zero-order valence-electron chi connectivity index (χ0n) is 9.71. The van der Waals surface area contributed by atoms with Crippen LogP contribution in [0.25, 0.3) is 0 Å². The zero-order valence-corrected chi connectivity index (χ0v) is 12.0. The molecule has 0 aromatic heterocycles. The molecule has 0 saturated heterocycles. The van der Waals surface area contributed by atoms with Crippen LogP contribution in [-0.2, 0) is 0 Å². The minimum absolute atomic E-state index is 0.508. The molecule has 0 spiro atoms. The second kappa shape index (κ2) is 5.70. The third kappa shape index (κ3) is 3.22. The Morgan fingerprint density at radius 2 is 1.67 bits per heavy atom. The van der Waals surface area contributed by atoms with E-state index >= 15 is 0 Å². The molecule has 0 fully saturated rings. The molecule has 0 unspecified atom stereocenters. The highest BCUT2D eigenvalue weighted by atomic mass is 35.5. The van der Waals surface area contributed by atoms with Crippen molar-refractivity contribution in [3.05, 3.63) is 63.6 Å². The number of hydrogen-bond acceptors (Lipinski definition) is 1. The first-order valence-corrected chi connectivity index (χ1v) is 6.56. The summed E-state index contributed by atoms with van der Waals surface area (Å²) in [6, 6.07) is 13.4. The molecule has 18 heavy (non-hydrogen) atoms. The van der Waals surface area contributed by atoms with E-state index in [4.69, 9.17) is 35.4 Å². The van der Waals surface area contributed by atoms with Crippen LogP contribution in [0.4, 0.5) is 5.69 Å². The number of halogens is 2. The maximum absolute atomic E-state index is 5.95. The van der Waals surface area contributed by atoms with Crippen LogP contribution < -0.4 is 5.32 Å². The lowest BCUT2D eigenvalue weighted by atomic mass is 10.1. The van der Waals surface area contributed by atoms with Crippen LogP contribution in [0.2, 0.25) is 10.0 Å². The fourth-order valence-electron chi connectivity index (χ4n) is 1.48. The highest BCUT2D eigenvalue weighted by Crippen LogP contribution is 2.25. The minimum Gasteiger partial charge on any atom is -0.346 e. The zero-order chi connectivity index (χ0) is 13.1. The van der Waals surface area contributed by atoms with Gasteiger partial charge in [-0.2, -0.15) is 0 Å². The largest absolute Gasteiger partial charge is 0.346 e. The minimum atomic E-state index is 0.508. The second-order valence-corrected chi connectivity index (χ2v) is 5.17. The topological polar surface area (TPSA) is 12.0 Å². The number of anilines is 1. The SMILES string of the molecule is Cc1ccc(C(=S)Nc2ccc(Cl)c(Cl)c2)cc1. The van der Waals surface area contributed by atoms with Gasteiger partial charge < -0.3 is 5.32 Å². The summed E-state index contributed by atoms with van der Waals surface area (Å²) in [6.07, 6.45) is 0. The Kier molecular flexibility index (Phi) is 4.23. The predicted molar refractivity (Wildman–Crippen MR) is 83.0 cm³/mol. The average molecular weight is 296 g/mol. The van der Waals surface area contributed by atoms with Gasteiger partial charge in [-0.3, -0.25) is 0 Å². The monoisotopic (exact) mass is 295 g/mol. The van der Waals surface area contributed by atoms with E-state index in [1.54, 1.807) is 12.1 Å². The van der Waals surface area contributed by atoms with Gasteiger partial charge in [0, 0.05) is 11.3 Å². The molecule has 1 nitrogen and oxygen atoms in total. The van der Waals surface area contributed by atoms with Gasteiger partial charge in [0.25, 0.3) is 0 Å². The van der Waals surface area contributed by atoms with E-state index in [0.717, 1.165) is 11.3 Å². The van der Waals surface area contributed by atoms with E-state index < -0.39 is 0 Å². The van der Waals surface area contributed by atoms with E-state index in [0.29, 0.717) is 15.0 Å². The van der Waals surface area contributed by atoms with Crippen molar-refractivity contribution in [2.24, 2.45) is 0 Å². The standard InChI is InChI=1S/C14H11Cl2NS/c1-9-2-4-10(5-3-9)14(18)17-11-6-7-12(15)13(16)8-11/h2-8H,1H3,(H,17,18). The molecule has 0 amide bonds. The summed E-state index contributed by atoms with van der Waals surface area (Å²) in [4.78, 5) is 0.661. The van der Waals surface area contributed by atoms with Crippen molar-refractivity contribution in [1.82, 2.24) is 0 Å². The Bertz CT molecular complexity index is 579. The first-order chi connectivity index (χ1) is 8.56. The molecule has 0 radical (unpaired) electrons. The molecule has 2 aromatic rings. The van der Waals surface area contributed by atoms with E-state index in [9.17, 15) is 0 Å². The summed E-state index contributed by atoms with van der Waals surface area (Å²) >= 11 is 17.1. The Balaban J connectivity index is 2.16. The highest BCUT2D eigenvalue weighted by Gasteiger charge is 2.03. The molecule has 2 aromatic carbocycles. The van der Waals surface area contributed by atoms with Crippen LogP contribution in [-0.4, -0.2) is 4.99 Å². The van der Waals surface area contributed by atoms with E-state index in [-0.39, 0.29) is 0 Å². The van der Waals surface area contributed by atoms with E-state index in [2.05, 4.69) is 5.32 Å². The van der Waals surface area contributed by atoms with Crippen molar-refractivity contribution in [3.63, 3.8) is 0 Å². The number of nitrogens with one attached hydrogen (secondary N) is 1. The van der Waals surface area contributed by atoms with Gasteiger partial charge in [-0.1, -0.05) is 65.2 Å². The molecule has 1 N–H and O–H groups in total. The van der Waals surface area contributed by atoms with Gasteiger partial charge in [0.05, 0.1) is 10.0 Å². The Morgan fingerprint density at radius 1 is 1.00 bits per heavy atom. The van der Waals surface area contributed by atoms with Gasteiger partial charge in [-0.15, -0.1) is 0 Å². The van der Waals surface area contributed by atoms with Gasteiger partial charge in [0.1, 0.15) is 4.99 Å². The summed E-state index contributed by atoms with van der Waals surface area (Å²) in [7, 11) is 0. The van der Waals surface area contributed by atoms with Crippen molar-refractivity contribution in [3.8, 4) is 0 Å². The third-order valence-electron chi connectivity index (χ3n) is 2.49. The van der Waals surface area contributed by atoms with Crippen molar-refractivity contribution >= 4 is 46.1 Å². The summed E-state index contributed by atoms with van der Waals surface area (Å²) in [5.41, 5.74) is 3.01. The van der Waals surface area contributed by atoms with Gasteiger partial charge >= 0.3 is 0 Å². The van der Waals surface area contributed by atoms with Gasteiger partial charge in [-0.05, 0) is 25.1 Å². The van der Waals surface area contributed by atoms with Crippen LogP contribution in [0, 0.1) is 6.92 Å². The van der Waals surface area contributed by atoms with Crippen LogP contribution in [0.3, 0.4) is 0 Å². The Labute approximate surface area is 122 Å². The smallest absolute Gasteiger partial charge is 0.110 e. The molecule has 4 heteroatoms. The van der Waals surface area contributed by atoms with Gasteiger partial charge in [0.15, 0.2) is 0 Å². The number of thiocarbonyl (C=S) groups is 1. The lowest BCUT2D eigenvalue weighted by Crippen LogP contribution is -2.10. The van der Waals surface area contributed by atoms with Crippen molar-refractivity contribution in [2.45, 2.75) is 6.92 Å². The molecule has 0 saturated carbocycles. The van der Waals surface area contributed by atoms with Crippen molar-refractivity contribution in [1.29, 1.82) is 0 Å². The summed E-state index contributed by atoms with van der Waals surface area (Å²) < 4.78 is 0. The highest BCUT2D eigenvalue weighted by molar-refractivity contribution is 7.81. The number of rotatable bonds is 2. The number of aryl methyl sites for hydroxylation is 1. The maximum Gasteiger partial charge on any atom is 0.110 e. The fourth-order valence-corrected chi connectivity index (χ4v) is 2.03. The molecule has 0 aliphatic rings. The molecular weight excluding hydrogens is 285 g/mol. The lowest BCUT2D eigenvalue weighted by molar-refractivity contribution is 1.46. The normalized spacial score (nSPS) is 10.2. The molecule has 0 heterocycles. The van der Waals surface area contributed by atoms with Gasteiger partial charge in [-0.25, -0.2) is 0 Å².